The number of benzene rings is 2. The average Bonchev–Trinajstić information content (AvgIpc) is 2.69. The van der Waals surface area contributed by atoms with Crippen LogP contribution in [0.4, 0.5) is 5.69 Å². The maximum absolute atomic E-state index is 11.2. The van der Waals surface area contributed by atoms with E-state index in [9.17, 15) is 4.79 Å². The third kappa shape index (κ3) is 4.67. The van der Waals surface area contributed by atoms with Gasteiger partial charge in [0, 0.05) is 44.0 Å². The number of hydrogen-bond donors (Lipinski definition) is 1. The smallest absolute Gasteiger partial charge is 0.248 e. The molecule has 0 atom stereocenters. The molecule has 1 amide bonds. The van der Waals surface area contributed by atoms with Gasteiger partial charge in [0.1, 0.15) is 18.1 Å². The van der Waals surface area contributed by atoms with Crippen LogP contribution in [0.15, 0.2) is 48.5 Å². The Bertz CT molecular complexity index is 708. The van der Waals surface area contributed by atoms with Crippen LogP contribution in [0.2, 0.25) is 0 Å². The Labute approximate surface area is 154 Å². The van der Waals surface area contributed by atoms with Crippen LogP contribution < -0.4 is 20.1 Å². The summed E-state index contributed by atoms with van der Waals surface area (Å²) < 4.78 is 10.9. The Balaban J connectivity index is 1.41. The minimum absolute atomic E-state index is 0.391. The SMILES string of the molecule is COc1ccc(OCCN2CCN(c3ccc(C(N)=O)cc3)CC2)cc1. The highest BCUT2D eigenvalue weighted by atomic mass is 16.5. The van der Waals surface area contributed by atoms with Gasteiger partial charge >= 0.3 is 0 Å². The molecular weight excluding hydrogens is 330 g/mol. The van der Waals surface area contributed by atoms with Gasteiger partial charge in [-0.1, -0.05) is 0 Å². The van der Waals surface area contributed by atoms with Gasteiger partial charge in [0.25, 0.3) is 0 Å². The molecule has 0 bridgehead atoms. The number of methoxy groups -OCH3 is 1. The molecule has 0 aromatic heterocycles. The van der Waals surface area contributed by atoms with E-state index >= 15 is 0 Å². The van der Waals surface area contributed by atoms with E-state index in [4.69, 9.17) is 15.2 Å². The van der Waals surface area contributed by atoms with E-state index in [0.717, 1.165) is 49.9 Å². The van der Waals surface area contributed by atoms with Gasteiger partial charge in [-0.15, -0.1) is 0 Å². The summed E-state index contributed by atoms with van der Waals surface area (Å²) in [6, 6.07) is 15.1. The highest BCUT2D eigenvalue weighted by Gasteiger charge is 2.17. The van der Waals surface area contributed by atoms with Crippen LogP contribution in [-0.4, -0.2) is 57.2 Å². The van der Waals surface area contributed by atoms with Gasteiger partial charge in [0.05, 0.1) is 7.11 Å². The fourth-order valence-electron chi connectivity index (χ4n) is 3.03. The standard InChI is InChI=1S/C20H25N3O3/c1-25-18-6-8-19(9-7-18)26-15-14-22-10-12-23(13-11-22)17-4-2-16(3-5-17)20(21)24/h2-9H,10-15H2,1H3,(H2,21,24). The van der Waals surface area contributed by atoms with Crippen molar-refractivity contribution in [2.75, 3.05) is 51.3 Å². The number of nitrogens with two attached hydrogens (primary N) is 1. The normalized spacial score (nSPS) is 14.9. The van der Waals surface area contributed by atoms with Gasteiger partial charge in [0.2, 0.25) is 5.91 Å². The molecule has 1 heterocycles. The van der Waals surface area contributed by atoms with Crippen molar-refractivity contribution in [2.24, 2.45) is 5.73 Å². The molecule has 138 valence electrons. The second-order valence-corrected chi connectivity index (χ2v) is 6.26. The third-order valence-electron chi connectivity index (χ3n) is 4.62. The van der Waals surface area contributed by atoms with Crippen molar-refractivity contribution in [3.05, 3.63) is 54.1 Å². The molecule has 0 unspecified atom stereocenters. The summed E-state index contributed by atoms with van der Waals surface area (Å²) in [6.45, 7) is 5.46. The van der Waals surface area contributed by atoms with Crippen LogP contribution in [0.25, 0.3) is 0 Å². The van der Waals surface area contributed by atoms with Crippen LogP contribution in [0, 0.1) is 0 Å². The fraction of sp³-hybridized carbons (Fsp3) is 0.350. The van der Waals surface area contributed by atoms with Crippen LogP contribution >= 0.6 is 0 Å². The quantitative estimate of drug-likeness (QED) is 0.823. The lowest BCUT2D eigenvalue weighted by Gasteiger charge is -2.36. The maximum atomic E-state index is 11.2. The molecule has 26 heavy (non-hydrogen) atoms. The van der Waals surface area contributed by atoms with Crippen LogP contribution in [-0.2, 0) is 0 Å². The third-order valence-corrected chi connectivity index (χ3v) is 4.62. The zero-order valence-electron chi connectivity index (χ0n) is 15.1. The fourth-order valence-corrected chi connectivity index (χ4v) is 3.03. The molecule has 0 saturated carbocycles. The number of carbonyl (C=O) groups excluding carboxylic acids is 1. The summed E-state index contributed by atoms with van der Waals surface area (Å²) in [6.07, 6.45) is 0. The lowest BCUT2D eigenvalue weighted by atomic mass is 10.1. The number of carbonyl (C=O) groups is 1. The number of nitrogens with zero attached hydrogens (tertiary/aromatic N) is 2. The largest absolute Gasteiger partial charge is 0.497 e. The van der Waals surface area contributed by atoms with E-state index in [2.05, 4.69) is 9.80 Å². The predicted molar refractivity (Wildman–Crippen MR) is 102 cm³/mol. The summed E-state index contributed by atoms with van der Waals surface area (Å²) in [7, 11) is 1.65. The van der Waals surface area contributed by atoms with Gasteiger partial charge in [0.15, 0.2) is 0 Å². The second-order valence-electron chi connectivity index (χ2n) is 6.26. The van der Waals surface area contributed by atoms with E-state index < -0.39 is 5.91 Å². The zero-order chi connectivity index (χ0) is 18.4. The van der Waals surface area contributed by atoms with E-state index in [1.807, 2.05) is 36.4 Å². The minimum Gasteiger partial charge on any atom is -0.497 e. The molecule has 0 radical (unpaired) electrons. The Morgan fingerprint density at radius 1 is 0.962 bits per heavy atom. The molecule has 1 aliphatic heterocycles. The van der Waals surface area contributed by atoms with Gasteiger partial charge in [-0.25, -0.2) is 0 Å². The van der Waals surface area contributed by atoms with E-state index in [-0.39, 0.29) is 0 Å². The molecule has 3 rings (SSSR count). The summed E-state index contributed by atoms with van der Waals surface area (Å²) in [5, 5.41) is 0. The van der Waals surface area contributed by atoms with Crippen molar-refractivity contribution < 1.29 is 14.3 Å². The van der Waals surface area contributed by atoms with E-state index in [0.29, 0.717) is 12.2 Å². The first kappa shape index (κ1) is 18.1. The molecule has 2 aromatic carbocycles. The van der Waals surface area contributed by atoms with Gasteiger partial charge in [-0.3, -0.25) is 9.69 Å². The monoisotopic (exact) mass is 355 g/mol. The van der Waals surface area contributed by atoms with Crippen molar-refractivity contribution in [2.45, 2.75) is 0 Å². The van der Waals surface area contributed by atoms with E-state index in [1.54, 1.807) is 19.2 Å². The van der Waals surface area contributed by atoms with Gasteiger partial charge < -0.3 is 20.1 Å². The van der Waals surface area contributed by atoms with Crippen LogP contribution in [0.1, 0.15) is 10.4 Å². The van der Waals surface area contributed by atoms with E-state index in [1.165, 1.54) is 0 Å². The topological polar surface area (TPSA) is 68.0 Å². The highest BCUT2D eigenvalue weighted by molar-refractivity contribution is 5.93. The number of amides is 1. The van der Waals surface area contributed by atoms with Crippen molar-refractivity contribution >= 4 is 11.6 Å². The number of hydrogen-bond acceptors (Lipinski definition) is 5. The Morgan fingerprint density at radius 3 is 2.15 bits per heavy atom. The van der Waals surface area contributed by atoms with Crippen molar-refractivity contribution in [1.29, 1.82) is 0 Å². The van der Waals surface area contributed by atoms with Gasteiger partial charge in [-0.05, 0) is 48.5 Å². The molecule has 0 aliphatic carbocycles. The Hall–Kier alpha value is -2.73. The van der Waals surface area contributed by atoms with Crippen molar-refractivity contribution in [3.8, 4) is 11.5 Å². The lowest BCUT2D eigenvalue weighted by Crippen LogP contribution is -2.47. The number of rotatable bonds is 7. The van der Waals surface area contributed by atoms with Gasteiger partial charge in [-0.2, -0.15) is 0 Å². The maximum Gasteiger partial charge on any atom is 0.248 e. The minimum atomic E-state index is -0.391. The molecule has 6 nitrogen and oxygen atoms in total. The lowest BCUT2D eigenvalue weighted by molar-refractivity contribution is 0.100. The summed E-state index contributed by atoms with van der Waals surface area (Å²) in [4.78, 5) is 15.9. The molecule has 1 aliphatic rings. The summed E-state index contributed by atoms with van der Waals surface area (Å²) in [5.74, 6) is 1.30. The van der Waals surface area contributed by atoms with Crippen molar-refractivity contribution in [1.82, 2.24) is 4.90 Å². The molecule has 2 N–H and O–H groups in total. The zero-order valence-corrected chi connectivity index (χ0v) is 15.1. The molecule has 1 fully saturated rings. The highest BCUT2D eigenvalue weighted by Crippen LogP contribution is 2.18. The molecule has 1 saturated heterocycles. The molecular formula is C20H25N3O3. The predicted octanol–water partition coefficient (Wildman–Crippen LogP) is 2.00. The number of anilines is 1. The summed E-state index contributed by atoms with van der Waals surface area (Å²) >= 11 is 0. The molecule has 6 heteroatoms. The second kappa shape index (κ2) is 8.58. The first-order valence-electron chi connectivity index (χ1n) is 8.80. The van der Waals surface area contributed by atoms with Crippen LogP contribution in [0.3, 0.4) is 0 Å². The van der Waals surface area contributed by atoms with Crippen LogP contribution in [0.5, 0.6) is 11.5 Å². The van der Waals surface area contributed by atoms with Crippen molar-refractivity contribution in [3.63, 3.8) is 0 Å². The first-order valence-corrected chi connectivity index (χ1v) is 8.80. The Morgan fingerprint density at radius 2 is 1.58 bits per heavy atom. The molecule has 2 aromatic rings. The Kier molecular flexibility index (Phi) is 5.96. The average molecular weight is 355 g/mol. The number of piperazine rings is 1. The number of primary amides is 1. The molecule has 0 spiro atoms. The first-order chi connectivity index (χ1) is 12.7. The summed E-state index contributed by atoms with van der Waals surface area (Å²) in [5.41, 5.74) is 6.96. The number of ether oxygens (including phenoxy) is 2.